The number of nitrogens with zero attached hydrogens (tertiary/aromatic N) is 1. The van der Waals surface area contributed by atoms with E-state index in [2.05, 4.69) is 5.32 Å². The third-order valence-corrected chi connectivity index (χ3v) is 3.98. The van der Waals surface area contributed by atoms with Crippen molar-refractivity contribution in [3.63, 3.8) is 0 Å². The van der Waals surface area contributed by atoms with Crippen LogP contribution in [0.1, 0.15) is 11.1 Å². The van der Waals surface area contributed by atoms with Crippen molar-refractivity contribution in [3.05, 3.63) is 53.6 Å². The van der Waals surface area contributed by atoms with Crippen LogP contribution in [0.5, 0.6) is 11.5 Å². The summed E-state index contributed by atoms with van der Waals surface area (Å²) in [5.74, 6) is 0.802. The first-order valence-corrected chi connectivity index (χ1v) is 8.36. The number of carbonyl (C=O) groups excluding carboxylic acids is 1. The number of anilines is 1. The van der Waals surface area contributed by atoms with Crippen LogP contribution in [0, 0.1) is 0 Å². The Hall–Kier alpha value is -2.74. The molecule has 0 bridgehead atoms. The van der Waals surface area contributed by atoms with Gasteiger partial charge in [-0.05, 0) is 36.9 Å². The van der Waals surface area contributed by atoms with E-state index in [0.717, 1.165) is 11.6 Å². The van der Waals surface area contributed by atoms with Gasteiger partial charge < -0.3 is 14.8 Å². The molecule has 2 aromatic carbocycles. The zero-order valence-corrected chi connectivity index (χ0v) is 14.7. The van der Waals surface area contributed by atoms with E-state index in [4.69, 9.17) is 9.47 Å². The molecule has 0 aromatic heterocycles. The van der Waals surface area contributed by atoms with Gasteiger partial charge in [-0.1, -0.05) is 18.2 Å². The molecule has 8 heteroatoms. The summed E-state index contributed by atoms with van der Waals surface area (Å²) in [5, 5.41) is 2.34. The fourth-order valence-corrected chi connectivity index (χ4v) is 2.83. The molecule has 1 N–H and O–H groups in total. The average Bonchev–Trinajstić information content (AvgIpc) is 2.61. The minimum absolute atomic E-state index is 0.0549. The van der Waals surface area contributed by atoms with E-state index in [1.54, 1.807) is 18.0 Å². The van der Waals surface area contributed by atoms with E-state index in [1.807, 2.05) is 12.1 Å². The molecule has 1 amide bonds. The number of para-hydroxylation sites is 1. The standard InChI is InChI=1S/C19H19F3N2O3/c1-24(11-13-6-7-16-17(10-13)27-9-8-26-16)12-18(25)23-15-5-3-2-4-14(15)19(20,21)22/h2-7,10H,8-9,11-12H2,1H3,(H,23,25). The highest BCUT2D eigenvalue weighted by atomic mass is 19.4. The van der Waals surface area contributed by atoms with Gasteiger partial charge in [-0.2, -0.15) is 13.2 Å². The van der Waals surface area contributed by atoms with Crippen molar-refractivity contribution < 1.29 is 27.4 Å². The molecule has 0 saturated carbocycles. The molecule has 144 valence electrons. The summed E-state index contributed by atoms with van der Waals surface area (Å²) in [7, 11) is 1.71. The Labute approximate surface area is 154 Å². The van der Waals surface area contributed by atoms with E-state index < -0.39 is 17.6 Å². The number of nitrogens with one attached hydrogen (secondary N) is 1. The van der Waals surface area contributed by atoms with E-state index in [-0.39, 0.29) is 12.2 Å². The number of hydrogen-bond acceptors (Lipinski definition) is 4. The molecule has 1 heterocycles. The molecule has 2 aromatic rings. The smallest absolute Gasteiger partial charge is 0.418 e. The first-order valence-electron chi connectivity index (χ1n) is 8.36. The fraction of sp³-hybridized carbons (Fsp3) is 0.316. The van der Waals surface area contributed by atoms with Gasteiger partial charge in [0.05, 0.1) is 17.8 Å². The van der Waals surface area contributed by atoms with Crippen molar-refractivity contribution >= 4 is 11.6 Å². The normalized spacial score (nSPS) is 13.5. The highest BCUT2D eigenvalue weighted by Crippen LogP contribution is 2.34. The van der Waals surface area contributed by atoms with Crippen molar-refractivity contribution in [2.24, 2.45) is 0 Å². The number of carbonyl (C=O) groups is 1. The molecular weight excluding hydrogens is 361 g/mol. The third kappa shape index (κ3) is 4.91. The lowest BCUT2D eigenvalue weighted by molar-refractivity contribution is -0.137. The number of fused-ring (bicyclic) bond motifs is 1. The van der Waals surface area contributed by atoms with E-state index in [9.17, 15) is 18.0 Å². The molecule has 0 fully saturated rings. The summed E-state index contributed by atoms with van der Waals surface area (Å²) in [4.78, 5) is 13.9. The predicted molar refractivity (Wildman–Crippen MR) is 93.8 cm³/mol. The lowest BCUT2D eigenvalue weighted by atomic mass is 10.1. The maximum Gasteiger partial charge on any atom is 0.418 e. The van der Waals surface area contributed by atoms with Gasteiger partial charge in [0, 0.05) is 6.54 Å². The van der Waals surface area contributed by atoms with Crippen LogP contribution in [-0.2, 0) is 17.5 Å². The Kier molecular flexibility index (Phi) is 5.55. The summed E-state index contributed by atoms with van der Waals surface area (Å²) in [6, 6.07) is 10.4. The number of halogens is 3. The Morgan fingerprint density at radius 3 is 2.56 bits per heavy atom. The molecule has 0 atom stereocenters. The summed E-state index contributed by atoms with van der Waals surface area (Å²) in [6.45, 7) is 1.37. The number of alkyl halides is 3. The molecule has 5 nitrogen and oxygen atoms in total. The van der Waals surface area contributed by atoms with Crippen LogP contribution in [0.25, 0.3) is 0 Å². The second kappa shape index (κ2) is 7.87. The molecule has 0 saturated heterocycles. The van der Waals surface area contributed by atoms with Crippen LogP contribution in [0.2, 0.25) is 0 Å². The number of hydrogen-bond donors (Lipinski definition) is 1. The molecule has 1 aliphatic rings. The van der Waals surface area contributed by atoms with Gasteiger partial charge in [-0.25, -0.2) is 0 Å². The Bertz CT molecular complexity index is 824. The molecule has 0 aliphatic carbocycles. The molecule has 0 unspecified atom stereocenters. The summed E-state index contributed by atoms with van der Waals surface area (Å²) in [5.41, 5.74) is -0.208. The predicted octanol–water partition coefficient (Wildman–Crippen LogP) is 3.55. The number of benzene rings is 2. The Morgan fingerprint density at radius 2 is 1.81 bits per heavy atom. The number of likely N-dealkylation sites (N-methyl/N-ethyl adjacent to an activating group) is 1. The summed E-state index contributed by atoms with van der Waals surface area (Å²) in [6.07, 6.45) is -4.53. The minimum atomic E-state index is -4.53. The Balaban J connectivity index is 1.60. The summed E-state index contributed by atoms with van der Waals surface area (Å²) >= 11 is 0. The first-order chi connectivity index (χ1) is 12.8. The SMILES string of the molecule is CN(CC(=O)Nc1ccccc1C(F)(F)F)Cc1ccc2c(c1)OCCO2. The van der Waals surface area contributed by atoms with Crippen LogP contribution >= 0.6 is 0 Å². The highest BCUT2D eigenvalue weighted by Gasteiger charge is 2.33. The zero-order chi connectivity index (χ0) is 19.4. The van der Waals surface area contributed by atoms with Gasteiger partial charge in [0.1, 0.15) is 13.2 Å². The third-order valence-electron chi connectivity index (χ3n) is 3.98. The lowest BCUT2D eigenvalue weighted by Gasteiger charge is -2.21. The maximum atomic E-state index is 13.0. The molecular formula is C19H19F3N2O3. The monoisotopic (exact) mass is 380 g/mol. The molecule has 27 heavy (non-hydrogen) atoms. The van der Waals surface area contributed by atoms with Crippen molar-refractivity contribution in [3.8, 4) is 11.5 Å². The van der Waals surface area contributed by atoms with Crippen LogP contribution < -0.4 is 14.8 Å². The second-order valence-electron chi connectivity index (χ2n) is 6.24. The second-order valence-corrected chi connectivity index (χ2v) is 6.24. The van der Waals surface area contributed by atoms with Crippen LogP contribution in [0.3, 0.4) is 0 Å². The summed E-state index contributed by atoms with van der Waals surface area (Å²) < 4.78 is 50.0. The van der Waals surface area contributed by atoms with Crippen LogP contribution in [0.15, 0.2) is 42.5 Å². The van der Waals surface area contributed by atoms with Gasteiger partial charge in [0.25, 0.3) is 0 Å². The van der Waals surface area contributed by atoms with Crippen LogP contribution in [-0.4, -0.2) is 37.6 Å². The van der Waals surface area contributed by atoms with Gasteiger partial charge in [-0.3, -0.25) is 9.69 Å². The van der Waals surface area contributed by atoms with E-state index >= 15 is 0 Å². The molecule has 1 aliphatic heterocycles. The van der Waals surface area contributed by atoms with Crippen molar-refractivity contribution in [1.29, 1.82) is 0 Å². The number of amides is 1. The van der Waals surface area contributed by atoms with Gasteiger partial charge in [-0.15, -0.1) is 0 Å². The van der Waals surface area contributed by atoms with E-state index in [0.29, 0.717) is 31.3 Å². The van der Waals surface area contributed by atoms with Gasteiger partial charge >= 0.3 is 6.18 Å². The number of ether oxygens (including phenoxy) is 2. The molecule has 0 spiro atoms. The molecule has 3 rings (SSSR count). The largest absolute Gasteiger partial charge is 0.486 e. The van der Waals surface area contributed by atoms with Crippen molar-refractivity contribution in [2.45, 2.75) is 12.7 Å². The number of rotatable bonds is 5. The van der Waals surface area contributed by atoms with Crippen LogP contribution in [0.4, 0.5) is 18.9 Å². The van der Waals surface area contributed by atoms with E-state index in [1.165, 1.54) is 18.2 Å². The van der Waals surface area contributed by atoms with Gasteiger partial charge in [0.15, 0.2) is 11.5 Å². The van der Waals surface area contributed by atoms with Crippen molar-refractivity contribution in [1.82, 2.24) is 4.90 Å². The van der Waals surface area contributed by atoms with Crippen molar-refractivity contribution in [2.75, 3.05) is 32.1 Å². The topological polar surface area (TPSA) is 50.8 Å². The quantitative estimate of drug-likeness (QED) is 0.862. The average molecular weight is 380 g/mol. The van der Waals surface area contributed by atoms with Gasteiger partial charge in [0.2, 0.25) is 5.91 Å². The highest BCUT2D eigenvalue weighted by molar-refractivity contribution is 5.93. The maximum absolute atomic E-state index is 13.0. The lowest BCUT2D eigenvalue weighted by Crippen LogP contribution is -2.30. The minimum Gasteiger partial charge on any atom is -0.486 e. The zero-order valence-electron chi connectivity index (χ0n) is 14.7. The Morgan fingerprint density at radius 1 is 1.11 bits per heavy atom. The first kappa shape index (κ1) is 19.0. The fourth-order valence-electron chi connectivity index (χ4n) is 2.83. The molecule has 0 radical (unpaired) electrons.